The third-order valence-corrected chi connectivity index (χ3v) is 7.20. The fraction of sp³-hybridized carbons (Fsp3) is 0.480. The van der Waals surface area contributed by atoms with E-state index >= 15 is 0 Å². The summed E-state index contributed by atoms with van der Waals surface area (Å²) in [7, 11) is 0. The minimum Gasteiger partial charge on any atom is -0.492 e. The van der Waals surface area contributed by atoms with Gasteiger partial charge >= 0.3 is 5.97 Å². The summed E-state index contributed by atoms with van der Waals surface area (Å²) in [6, 6.07) is 14.8. The molecule has 1 unspecified atom stereocenters. The zero-order valence-electron chi connectivity index (χ0n) is 19.1. The van der Waals surface area contributed by atoms with Gasteiger partial charge in [0, 0.05) is 22.9 Å². The minimum atomic E-state index is -0.842. The van der Waals surface area contributed by atoms with E-state index in [1.807, 2.05) is 24.1 Å². The Morgan fingerprint density at radius 1 is 1.19 bits per heavy atom. The number of carboxylic acids is 1. The molecule has 0 aliphatic carbocycles. The molecule has 0 saturated heterocycles. The molecule has 0 amide bonds. The van der Waals surface area contributed by atoms with E-state index < -0.39 is 5.97 Å². The summed E-state index contributed by atoms with van der Waals surface area (Å²) in [4.78, 5) is 15.4. The molecular weight excluding hydrogens is 426 g/mol. The fourth-order valence-corrected chi connectivity index (χ4v) is 4.91. The molecular formula is C25H35NO3S2. The van der Waals surface area contributed by atoms with Crippen LogP contribution in [0.1, 0.15) is 46.5 Å². The topological polar surface area (TPSA) is 49.8 Å². The molecule has 0 radical (unpaired) electrons. The van der Waals surface area contributed by atoms with E-state index in [-0.39, 0.29) is 13.0 Å². The third kappa shape index (κ3) is 7.69. The standard InChI is InChI=1S/C21H25NO3S2.C4H10/c1-3-15-13-22(16-7-5-4-6-8-16)17-11-20(26-2)18(12-19(17)27-14-15)25-10-9-21(23)24;1-3-4-2/h4-8,11-12,15H,3,9-10,13-14H2,1-2H3,(H,23,24);3-4H2,1-2H3. The monoisotopic (exact) mass is 461 g/mol. The SMILES string of the molecule is CCC1CSc2cc(OCCC(=O)O)c(SC)cc2N(c2ccccc2)C1.CCCC. The number of thioether (sulfide) groups is 2. The Balaban J connectivity index is 0.000000785. The van der Waals surface area contributed by atoms with Crippen LogP contribution in [0.25, 0.3) is 0 Å². The van der Waals surface area contributed by atoms with Crippen LogP contribution >= 0.6 is 23.5 Å². The van der Waals surface area contributed by atoms with Gasteiger partial charge < -0.3 is 14.7 Å². The molecule has 0 bridgehead atoms. The second-order valence-corrected chi connectivity index (χ2v) is 9.40. The van der Waals surface area contributed by atoms with Crippen LogP contribution in [0.4, 0.5) is 11.4 Å². The van der Waals surface area contributed by atoms with Gasteiger partial charge in [0.05, 0.1) is 23.6 Å². The summed E-state index contributed by atoms with van der Waals surface area (Å²) in [6.07, 6.45) is 5.81. The number of ether oxygens (including phenoxy) is 1. The fourth-order valence-electron chi connectivity index (χ4n) is 3.09. The van der Waals surface area contributed by atoms with Crippen molar-refractivity contribution < 1.29 is 14.6 Å². The molecule has 1 N–H and O–H groups in total. The van der Waals surface area contributed by atoms with Gasteiger partial charge in [-0.15, -0.1) is 23.5 Å². The van der Waals surface area contributed by atoms with E-state index in [1.54, 1.807) is 11.8 Å². The predicted octanol–water partition coefficient (Wildman–Crippen LogP) is 7.34. The van der Waals surface area contributed by atoms with Crippen molar-refractivity contribution in [2.45, 2.75) is 56.2 Å². The Bertz CT molecular complexity index is 812. The molecule has 1 aliphatic heterocycles. The van der Waals surface area contributed by atoms with Crippen molar-refractivity contribution in [3.63, 3.8) is 0 Å². The normalized spacial score (nSPS) is 15.4. The number of anilines is 2. The van der Waals surface area contributed by atoms with Crippen LogP contribution in [-0.2, 0) is 4.79 Å². The Kier molecular flexibility index (Phi) is 11.2. The van der Waals surface area contributed by atoms with E-state index in [0.717, 1.165) is 29.4 Å². The number of carboxylic acid groups (broad SMARTS) is 1. The molecule has 0 saturated carbocycles. The number of hydrogen-bond donors (Lipinski definition) is 1. The summed E-state index contributed by atoms with van der Waals surface area (Å²) in [5.74, 6) is 1.61. The number of unbranched alkanes of at least 4 members (excludes halogenated alkanes) is 1. The second kappa shape index (κ2) is 13.6. The van der Waals surface area contributed by atoms with Crippen LogP contribution in [0.3, 0.4) is 0 Å². The third-order valence-electron chi connectivity index (χ3n) is 5.17. The molecule has 1 atom stereocenters. The van der Waals surface area contributed by atoms with Gasteiger partial charge in [0.1, 0.15) is 5.75 Å². The molecule has 1 aliphatic rings. The van der Waals surface area contributed by atoms with Crippen LogP contribution in [0, 0.1) is 5.92 Å². The number of rotatable bonds is 8. The molecule has 6 heteroatoms. The van der Waals surface area contributed by atoms with Crippen molar-refractivity contribution >= 4 is 40.9 Å². The largest absolute Gasteiger partial charge is 0.492 e. The first-order valence-electron chi connectivity index (χ1n) is 11.1. The Labute approximate surface area is 195 Å². The van der Waals surface area contributed by atoms with Gasteiger partial charge in [0.15, 0.2) is 0 Å². The van der Waals surface area contributed by atoms with E-state index in [1.165, 1.54) is 29.1 Å². The van der Waals surface area contributed by atoms with E-state index in [0.29, 0.717) is 5.92 Å². The highest BCUT2D eigenvalue weighted by Gasteiger charge is 2.24. The van der Waals surface area contributed by atoms with Gasteiger partial charge in [0.2, 0.25) is 0 Å². The van der Waals surface area contributed by atoms with Crippen molar-refractivity contribution in [3.05, 3.63) is 42.5 Å². The van der Waals surface area contributed by atoms with Gasteiger partial charge in [0.25, 0.3) is 0 Å². The van der Waals surface area contributed by atoms with E-state index in [2.05, 4.69) is 62.1 Å². The maximum absolute atomic E-state index is 10.8. The molecule has 31 heavy (non-hydrogen) atoms. The number of fused-ring (bicyclic) bond motifs is 1. The zero-order chi connectivity index (χ0) is 22.6. The lowest BCUT2D eigenvalue weighted by molar-refractivity contribution is -0.137. The Hall–Kier alpha value is -1.79. The molecule has 0 aromatic heterocycles. The van der Waals surface area contributed by atoms with Crippen molar-refractivity contribution in [1.82, 2.24) is 0 Å². The molecule has 2 aromatic rings. The van der Waals surface area contributed by atoms with E-state index in [4.69, 9.17) is 9.84 Å². The van der Waals surface area contributed by atoms with Gasteiger partial charge in [-0.1, -0.05) is 58.2 Å². The quantitative estimate of drug-likeness (QED) is 0.415. The first-order chi connectivity index (χ1) is 15.0. The number of hydrogen-bond acceptors (Lipinski definition) is 5. The van der Waals surface area contributed by atoms with Crippen molar-refractivity contribution in [1.29, 1.82) is 0 Å². The highest BCUT2D eigenvalue weighted by Crippen LogP contribution is 2.45. The lowest BCUT2D eigenvalue weighted by atomic mass is 10.1. The van der Waals surface area contributed by atoms with Crippen LogP contribution in [0.2, 0.25) is 0 Å². The average Bonchev–Trinajstić information content (AvgIpc) is 2.98. The van der Waals surface area contributed by atoms with Gasteiger partial charge in [-0.3, -0.25) is 4.79 Å². The number of benzene rings is 2. The van der Waals surface area contributed by atoms with Crippen molar-refractivity contribution in [2.24, 2.45) is 5.92 Å². The summed E-state index contributed by atoms with van der Waals surface area (Å²) in [5.41, 5.74) is 2.41. The van der Waals surface area contributed by atoms with E-state index in [9.17, 15) is 4.79 Å². The molecule has 0 spiro atoms. The Morgan fingerprint density at radius 2 is 1.90 bits per heavy atom. The number of carbonyl (C=O) groups is 1. The molecule has 3 rings (SSSR count). The van der Waals surface area contributed by atoms with Crippen molar-refractivity contribution in [2.75, 3.05) is 30.1 Å². The summed E-state index contributed by atoms with van der Waals surface area (Å²) in [5, 5.41) is 8.87. The molecule has 0 fully saturated rings. The lowest BCUT2D eigenvalue weighted by Crippen LogP contribution is -2.24. The smallest absolute Gasteiger partial charge is 0.306 e. The summed E-state index contributed by atoms with van der Waals surface area (Å²) >= 11 is 3.50. The highest BCUT2D eigenvalue weighted by molar-refractivity contribution is 7.99. The van der Waals surface area contributed by atoms with Crippen LogP contribution < -0.4 is 9.64 Å². The maximum atomic E-state index is 10.8. The van der Waals surface area contributed by atoms with Crippen LogP contribution in [0.15, 0.2) is 52.3 Å². The first kappa shape index (κ1) is 25.5. The molecule has 1 heterocycles. The number of aliphatic carboxylic acids is 1. The number of para-hydroxylation sites is 1. The summed E-state index contributed by atoms with van der Waals surface area (Å²) < 4.78 is 5.81. The first-order valence-corrected chi connectivity index (χ1v) is 13.3. The highest BCUT2D eigenvalue weighted by atomic mass is 32.2. The van der Waals surface area contributed by atoms with Gasteiger partial charge in [-0.2, -0.15) is 0 Å². The molecule has 170 valence electrons. The predicted molar refractivity (Wildman–Crippen MR) is 135 cm³/mol. The zero-order valence-corrected chi connectivity index (χ0v) is 20.7. The van der Waals surface area contributed by atoms with Gasteiger partial charge in [-0.25, -0.2) is 0 Å². The second-order valence-electron chi connectivity index (χ2n) is 7.49. The minimum absolute atomic E-state index is 0.00605. The molecule has 2 aromatic carbocycles. The lowest BCUT2D eigenvalue weighted by Gasteiger charge is -2.28. The molecule has 4 nitrogen and oxygen atoms in total. The van der Waals surface area contributed by atoms with Crippen LogP contribution in [-0.4, -0.2) is 36.2 Å². The van der Waals surface area contributed by atoms with Crippen molar-refractivity contribution in [3.8, 4) is 5.75 Å². The number of nitrogens with zero attached hydrogens (tertiary/aromatic N) is 1. The average molecular weight is 462 g/mol. The Morgan fingerprint density at radius 3 is 2.48 bits per heavy atom. The maximum Gasteiger partial charge on any atom is 0.306 e. The van der Waals surface area contributed by atoms with Gasteiger partial charge in [-0.05, 0) is 36.4 Å². The van der Waals surface area contributed by atoms with Crippen LogP contribution in [0.5, 0.6) is 5.75 Å². The summed E-state index contributed by atoms with van der Waals surface area (Å²) in [6.45, 7) is 7.79.